The van der Waals surface area contributed by atoms with Crippen LogP contribution in [-0.2, 0) is 4.79 Å². The number of carbonyl (C=O) groups excluding carboxylic acids is 1. The number of halogens is 3. The summed E-state index contributed by atoms with van der Waals surface area (Å²) in [6.07, 6.45) is 1.15. The topological polar surface area (TPSA) is 29.1 Å². The lowest BCUT2D eigenvalue weighted by molar-refractivity contribution is -0.116. The Balaban J connectivity index is 2.83. The minimum absolute atomic E-state index is 0.103. The number of hydrogen-bond acceptors (Lipinski definition) is 1. The van der Waals surface area contributed by atoms with Gasteiger partial charge in [-0.2, -0.15) is 0 Å². The average Bonchev–Trinajstić information content (AvgIpc) is 2.14. The Hall–Kier alpha value is -0.800. The molecular weight excluding hydrogens is 240 g/mol. The van der Waals surface area contributed by atoms with Crippen molar-refractivity contribution in [1.82, 2.24) is 0 Å². The van der Waals surface area contributed by atoms with Crippen molar-refractivity contribution in [2.45, 2.75) is 19.8 Å². The molecule has 1 amide bonds. The van der Waals surface area contributed by atoms with E-state index >= 15 is 0 Å². The number of amides is 1. The zero-order chi connectivity index (χ0) is 11.4. The van der Waals surface area contributed by atoms with Crippen LogP contribution in [0.15, 0.2) is 12.1 Å². The van der Waals surface area contributed by atoms with Gasteiger partial charge in [0.2, 0.25) is 5.91 Å². The summed E-state index contributed by atoms with van der Waals surface area (Å²) in [6, 6.07) is 2.66. The van der Waals surface area contributed by atoms with Crippen molar-refractivity contribution in [3.63, 3.8) is 0 Å². The van der Waals surface area contributed by atoms with Crippen LogP contribution in [0.5, 0.6) is 0 Å². The number of rotatable bonds is 3. The Morgan fingerprint density at radius 3 is 2.40 bits per heavy atom. The zero-order valence-electron chi connectivity index (χ0n) is 8.11. The minimum Gasteiger partial charge on any atom is -0.326 e. The van der Waals surface area contributed by atoms with Crippen LogP contribution in [0.2, 0.25) is 10.0 Å². The van der Waals surface area contributed by atoms with Crippen LogP contribution < -0.4 is 5.32 Å². The minimum atomic E-state index is -0.674. The maximum Gasteiger partial charge on any atom is 0.224 e. The molecule has 0 heterocycles. The largest absolute Gasteiger partial charge is 0.326 e. The van der Waals surface area contributed by atoms with Crippen molar-refractivity contribution in [1.29, 1.82) is 0 Å². The van der Waals surface area contributed by atoms with Crippen molar-refractivity contribution in [3.8, 4) is 0 Å². The number of hydrogen-bond donors (Lipinski definition) is 1. The van der Waals surface area contributed by atoms with Gasteiger partial charge in [-0.05, 0) is 18.6 Å². The second kappa shape index (κ2) is 5.33. The van der Waals surface area contributed by atoms with E-state index in [4.69, 9.17) is 23.2 Å². The molecule has 1 aromatic rings. The summed E-state index contributed by atoms with van der Waals surface area (Å²) in [5, 5.41) is 2.37. The SMILES string of the molecule is CCCC(=O)Nc1cc(Cl)c(F)c(Cl)c1. The maximum absolute atomic E-state index is 13.0. The smallest absolute Gasteiger partial charge is 0.224 e. The molecule has 0 aromatic heterocycles. The Morgan fingerprint density at radius 1 is 1.40 bits per heavy atom. The number of anilines is 1. The van der Waals surface area contributed by atoms with Gasteiger partial charge in [-0.15, -0.1) is 0 Å². The van der Waals surface area contributed by atoms with Gasteiger partial charge in [0.05, 0.1) is 10.0 Å². The first-order chi connectivity index (χ1) is 7.04. The maximum atomic E-state index is 13.0. The molecule has 0 radical (unpaired) electrons. The normalized spacial score (nSPS) is 10.1. The van der Waals surface area contributed by atoms with Gasteiger partial charge in [-0.1, -0.05) is 30.1 Å². The summed E-state index contributed by atoms with van der Waals surface area (Å²) in [5.74, 6) is -0.817. The van der Waals surface area contributed by atoms with Gasteiger partial charge in [0.15, 0.2) is 5.82 Å². The Labute approximate surface area is 97.4 Å². The fraction of sp³-hybridized carbons (Fsp3) is 0.300. The summed E-state index contributed by atoms with van der Waals surface area (Å²) >= 11 is 11.1. The van der Waals surface area contributed by atoms with Crippen molar-refractivity contribution in [3.05, 3.63) is 28.0 Å². The standard InChI is InChI=1S/C10H10Cl2FNO/c1-2-3-9(15)14-6-4-7(11)10(13)8(12)5-6/h4-5H,2-3H2,1H3,(H,14,15). The van der Waals surface area contributed by atoms with Gasteiger partial charge in [0, 0.05) is 12.1 Å². The van der Waals surface area contributed by atoms with E-state index in [9.17, 15) is 9.18 Å². The predicted octanol–water partition coefficient (Wildman–Crippen LogP) is 3.87. The van der Waals surface area contributed by atoms with Gasteiger partial charge in [0.25, 0.3) is 0 Å². The summed E-state index contributed by atoms with van der Waals surface area (Å²) in [5.41, 5.74) is 0.407. The van der Waals surface area contributed by atoms with E-state index in [1.54, 1.807) is 0 Å². The number of benzene rings is 1. The quantitative estimate of drug-likeness (QED) is 0.810. The van der Waals surface area contributed by atoms with Crippen LogP contribution in [0.4, 0.5) is 10.1 Å². The molecule has 0 atom stereocenters. The van der Waals surface area contributed by atoms with Gasteiger partial charge >= 0.3 is 0 Å². The summed E-state index contributed by atoms with van der Waals surface area (Å²) in [6.45, 7) is 1.89. The molecule has 82 valence electrons. The van der Waals surface area contributed by atoms with E-state index in [0.29, 0.717) is 12.1 Å². The van der Waals surface area contributed by atoms with Gasteiger partial charge in [-0.25, -0.2) is 4.39 Å². The number of carbonyl (C=O) groups is 1. The molecule has 0 spiro atoms. The molecule has 1 N–H and O–H groups in total. The van der Waals surface area contributed by atoms with Crippen LogP contribution >= 0.6 is 23.2 Å². The predicted molar refractivity (Wildman–Crippen MR) is 60.0 cm³/mol. The molecule has 0 unspecified atom stereocenters. The van der Waals surface area contributed by atoms with Gasteiger partial charge < -0.3 is 5.32 Å². The van der Waals surface area contributed by atoms with E-state index in [-0.39, 0.29) is 16.0 Å². The first kappa shape index (κ1) is 12.3. The molecule has 0 aliphatic carbocycles. The summed E-state index contributed by atoms with van der Waals surface area (Å²) in [7, 11) is 0. The van der Waals surface area contributed by atoms with Crippen molar-refractivity contribution in [2.24, 2.45) is 0 Å². The van der Waals surface area contributed by atoms with Crippen LogP contribution in [0.3, 0.4) is 0 Å². The lowest BCUT2D eigenvalue weighted by Gasteiger charge is -2.06. The van der Waals surface area contributed by atoms with Crippen molar-refractivity contribution < 1.29 is 9.18 Å². The second-order valence-electron chi connectivity index (χ2n) is 3.05. The van der Waals surface area contributed by atoms with E-state index in [0.717, 1.165) is 6.42 Å². The molecule has 0 aliphatic heterocycles. The molecule has 0 aliphatic rings. The van der Waals surface area contributed by atoms with Crippen LogP contribution in [0.1, 0.15) is 19.8 Å². The highest BCUT2D eigenvalue weighted by molar-refractivity contribution is 6.35. The Kier molecular flexibility index (Phi) is 4.36. The molecule has 0 saturated carbocycles. The molecule has 0 saturated heterocycles. The summed E-state index contributed by atoms with van der Waals surface area (Å²) < 4.78 is 13.0. The molecule has 1 rings (SSSR count). The van der Waals surface area contributed by atoms with E-state index in [1.807, 2.05) is 6.92 Å². The molecule has 2 nitrogen and oxygen atoms in total. The van der Waals surface area contributed by atoms with Crippen molar-refractivity contribution >= 4 is 34.8 Å². The van der Waals surface area contributed by atoms with Crippen LogP contribution in [0, 0.1) is 5.82 Å². The van der Waals surface area contributed by atoms with Crippen LogP contribution in [-0.4, -0.2) is 5.91 Å². The first-order valence-electron chi connectivity index (χ1n) is 4.49. The monoisotopic (exact) mass is 249 g/mol. The van der Waals surface area contributed by atoms with Crippen LogP contribution in [0.25, 0.3) is 0 Å². The fourth-order valence-corrected chi connectivity index (χ4v) is 1.57. The third kappa shape index (κ3) is 3.36. The zero-order valence-corrected chi connectivity index (χ0v) is 9.62. The highest BCUT2D eigenvalue weighted by Gasteiger charge is 2.09. The third-order valence-electron chi connectivity index (χ3n) is 1.74. The average molecular weight is 250 g/mol. The summed E-state index contributed by atoms with van der Waals surface area (Å²) in [4.78, 5) is 11.2. The third-order valence-corrected chi connectivity index (χ3v) is 2.29. The van der Waals surface area contributed by atoms with E-state index in [1.165, 1.54) is 12.1 Å². The second-order valence-corrected chi connectivity index (χ2v) is 3.87. The number of nitrogens with one attached hydrogen (secondary N) is 1. The lowest BCUT2D eigenvalue weighted by Crippen LogP contribution is -2.10. The molecule has 1 aromatic carbocycles. The van der Waals surface area contributed by atoms with E-state index < -0.39 is 5.82 Å². The lowest BCUT2D eigenvalue weighted by atomic mass is 10.2. The highest BCUT2D eigenvalue weighted by Crippen LogP contribution is 2.27. The molecule has 5 heteroatoms. The van der Waals surface area contributed by atoms with Gasteiger partial charge in [0.1, 0.15) is 0 Å². The Morgan fingerprint density at radius 2 is 1.93 bits per heavy atom. The Bertz CT molecular complexity index is 359. The first-order valence-corrected chi connectivity index (χ1v) is 5.24. The molecule has 0 fully saturated rings. The van der Waals surface area contributed by atoms with Crippen molar-refractivity contribution in [2.75, 3.05) is 5.32 Å². The van der Waals surface area contributed by atoms with E-state index in [2.05, 4.69) is 5.32 Å². The van der Waals surface area contributed by atoms with Gasteiger partial charge in [-0.3, -0.25) is 4.79 Å². The fourth-order valence-electron chi connectivity index (χ4n) is 1.08. The molecule has 15 heavy (non-hydrogen) atoms. The molecular formula is C10H10Cl2FNO. The highest BCUT2D eigenvalue weighted by atomic mass is 35.5. The molecule has 0 bridgehead atoms.